The van der Waals surface area contributed by atoms with Crippen molar-refractivity contribution >= 4 is 22.5 Å². The summed E-state index contributed by atoms with van der Waals surface area (Å²) >= 11 is 0. The number of benzene rings is 1. The maximum atomic E-state index is 12.9. The SMILES string of the molecule is CC1=CC(C(=O)c2c[nH]c3ncc(-c4cccc(N)c4)cc23)NN1C. The minimum atomic E-state index is -0.361. The van der Waals surface area contributed by atoms with Crippen LogP contribution in [0, 0.1) is 0 Å². The molecule has 1 aromatic carbocycles. The van der Waals surface area contributed by atoms with Crippen LogP contribution in [0.3, 0.4) is 0 Å². The van der Waals surface area contributed by atoms with Gasteiger partial charge in [0.2, 0.25) is 0 Å². The molecular weight excluding hydrogens is 314 g/mol. The van der Waals surface area contributed by atoms with Gasteiger partial charge < -0.3 is 15.7 Å². The van der Waals surface area contributed by atoms with E-state index in [4.69, 9.17) is 5.73 Å². The van der Waals surface area contributed by atoms with Gasteiger partial charge in [-0.25, -0.2) is 10.4 Å². The van der Waals surface area contributed by atoms with E-state index in [1.807, 2.05) is 55.4 Å². The molecule has 0 bridgehead atoms. The Hall–Kier alpha value is -3.12. The van der Waals surface area contributed by atoms with Gasteiger partial charge in [-0.2, -0.15) is 0 Å². The number of anilines is 1. The number of carbonyl (C=O) groups excluding carboxylic acids is 1. The smallest absolute Gasteiger partial charge is 0.187 e. The molecule has 0 spiro atoms. The van der Waals surface area contributed by atoms with Crippen LogP contribution in [-0.2, 0) is 0 Å². The molecule has 1 atom stereocenters. The zero-order valence-electron chi connectivity index (χ0n) is 14.1. The number of Topliss-reactive ketones (excluding diaryl/α,β-unsaturated/α-hetero) is 1. The van der Waals surface area contributed by atoms with Crippen molar-refractivity contribution in [3.8, 4) is 11.1 Å². The van der Waals surface area contributed by atoms with Gasteiger partial charge in [-0.1, -0.05) is 12.1 Å². The molecule has 1 aliphatic heterocycles. The molecule has 0 fully saturated rings. The van der Waals surface area contributed by atoms with Crippen molar-refractivity contribution in [1.82, 2.24) is 20.4 Å². The molecule has 6 heteroatoms. The van der Waals surface area contributed by atoms with E-state index in [0.29, 0.717) is 16.9 Å². The first-order valence-corrected chi connectivity index (χ1v) is 8.08. The summed E-state index contributed by atoms with van der Waals surface area (Å²) in [7, 11) is 1.90. The van der Waals surface area contributed by atoms with E-state index in [-0.39, 0.29) is 11.8 Å². The van der Waals surface area contributed by atoms with Crippen molar-refractivity contribution in [2.24, 2.45) is 0 Å². The third-order valence-electron chi connectivity index (χ3n) is 4.57. The molecule has 4 rings (SSSR count). The number of hydrogen-bond acceptors (Lipinski definition) is 5. The molecule has 6 nitrogen and oxygen atoms in total. The number of nitrogens with one attached hydrogen (secondary N) is 2. The predicted octanol–water partition coefficient (Wildman–Crippen LogP) is 2.72. The number of fused-ring (bicyclic) bond motifs is 1. The quantitative estimate of drug-likeness (QED) is 0.507. The minimum absolute atomic E-state index is 0.0153. The molecule has 0 saturated carbocycles. The van der Waals surface area contributed by atoms with Gasteiger partial charge in [-0.05, 0) is 36.8 Å². The number of rotatable bonds is 3. The van der Waals surface area contributed by atoms with E-state index in [9.17, 15) is 4.79 Å². The number of H-pyrrole nitrogens is 1. The summed E-state index contributed by atoms with van der Waals surface area (Å²) in [6.07, 6.45) is 5.44. The highest BCUT2D eigenvalue weighted by Gasteiger charge is 2.26. The number of pyridine rings is 1. The van der Waals surface area contributed by atoms with E-state index < -0.39 is 0 Å². The lowest BCUT2D eigenvalue weighted by Gasteiger charge is -2.15. The monoisotopic (exact) mass is 333 g/mol. The molecule has 0 radical (unpaired) electrons. The summed E-state index contributed by atoms with van der Waals surface area (Å²) < 4.78 is 0. The van der Waals surface area contributed by atoms with E-state index in [1.165, 1.54) is 0 Å². The summed E-state index contributed by atoms with van der Waals surface area (Å²) in [4.78, 5) is 20.5. The Labute approximate surface area is 145 Å². The Bertz CT molecular complexity index is 1000. The number of ketones is 1. The molecule has 25 heavy (non-hydrogen) atoms. The Morgan fingerprint density at radius 1 is 1.28 bits per heavy atom. The van der Waals surface area contributed by atoms with Crippen LogP contribution in [0.25, 0.3) is 22.2 Å². The van der Waals surface area contributed by atoms with Crippen molar-refractivity contribution in [2.75, 3.05) is 12.8 Å². The number of hydrazine groups is 1. The molecule has 0 amide bonds. The minimum Gasteiger partial charge on any atom is -0.399 e. The van der Waals surface area contributed by atoms with Crippen LogP contribution in [0.2, 0.25) is 0 Å². The summed E-state index contributed by atoms with van der Waals surface area (Å²) in [5.74, 6) is 0.0153. The molecule has 0 aliphatic carbocycles. The van der Waals surface area contributed by atoms with Crippen LogP contribution in [-0.4, -0.2) is 33.8 Å². The van der Waals surface area contributed by atoms with Crippen molar-refractivity contribution in [1.29, 1.82) is 0 Å². The predicted molar refractivity (Wildman–Crippen MR) is 98.7 cm³/mol. The molecule has 0 saturated heterocycles. The molecule has 1 unspecified atom stereocenters. The topological polar surface area (TPSA) is 87.0 Å². The Morgan fingerprint density at radius 3 is 2.84 bits per heavy atom. The summed E-state index contributed by atoms with van der Waals surface area (Å²) in [5.41, 5.74) is 14.0. The van der Waals surface area contributed by atoms with Crippen molar-refractivity contribution in [2.45, 2.75) is 13.0 Å². The average Bonchev–Trinajstić information content (AvgIpc) is 3.17. The number of hydrogen-bond donors (Lipinski definition) is 3. The van der Waals surface area contributed by atoms with Gasteiger partial charge in [0.15, 0.2) is 5.78 Å². The highest BCUT2D eigenvalue weighted by atomic mass is 16.1. The first kappa shape index (κ1) is 15.4. The summed E-state index contributed by atoms with van der Waals surface area (Å²) in [6, 6.07) is 9.25. The van der Waals surface area contributed by atoms with Gasteiger partial charge >= 0.3 is 0 Å². The van der Waals surface area contributed by atoms with Gasteiger partial charge in [-0.15, -0.1) is 0 Å². The number of nitrogens with zero attached hydrogens (tertiary/aromatic N) is 2. The Morgan fingerprint density at radius 2 is 2.12 bits per heavy atom. The largest absolute Gasteiger partial charge is 0.399 e. The normalized spacial score (nSPS) is 17.1. The highest BCUT2D eigenvalue weighted by molar-refractivity contribution is 6.11. The lowest BCUT2D eigenvalue weighted by Crippen LogP contribution is -2.38. The fourth-order valence-corrected chi connectivity index (χ4v) is 3.09. The van der Waals surface area contributed by atoms with Crippen LogP contribution in [0.15, 0.2) is 54.5 Å². The van der Waals surface area contributed by atoms with E-state index >= 15 is 0 Å². The third-order valence-corrected chi connectivity index (χ3v) is 4.57. The van der Waals surface area contributed by atoms with Crippen molar-refractivity contribution in [3.05, 3.63) is 60.1 Å². The Kier molecular flexibility index (Phi) is 3.54. The molecule has 3 heterocycles. The van der Waals surface area contributed by atoms with Gasteiger partial charge in [0.1, 0.15) is 11.7 Å². The second-order valence-corrected chi connectivity index (χ2v) is 6.29. The van der Waals surface area contributed by atoms with Gasteiger partial charge in [0.05, 0.1) is 0 Å². The lowest BCUT2D eigenvalue weighted by atomic mass is 10.0. The molecular formula is C19H19N5O. The maximum absolute atomic E-state index is 12.9. The fraction of sp³-hybridized carbons (Fsp3) is 0.158. The molecule has 2 aromatic heterocycles. The number of nitrogen functional groups attached to an aromatic ring is 1. The van der Waals surface area contributed by atoms with Gasteiger partial charge in [0.25, 0.3) is 0 Å². The lowest BCUT2D eigenvalue weighted by molar-refractivity contribution is 0.0945. The van der Waals surface area contributed by atoms with E-state index in [1.54, 1.807) is 12.4 Å². The molecule has 4 N–H and O–H groups in total. The Balaban J connectivity index is 1.76. The second kappa shape index (κ2) is 5.75. The maximum Gasteiger partial charge on any atom is 0.187 e. The van der Waals surface area contributed by atoms with Gasteiger partial charge in [-0.3, -0.25) is 4.79 Å². The van der Waals surface area contributed by atoms with Crippen LogP contribution < -0.4 is 11.2 Å². The third kappa shape index (κ3) is 2.66. The first-order chi connectivity index (χ1) is 12.0. The number of carbonyl (C=O) groups is 1. The highest BCUT2D eigenvalue weighted by Crippen LogP contribution is 2.27. The zero-order chi connectivity index (χ0) is 17.6. The number of allylic oxidation sites excluding steroid dienone is 1. The summed E-state index contributed by atoms with van der Waals surface area (Å²) in [5, 5.41) is 2.67. The molecule has 3 aromatic rings. The van der Waals surface area contributed by atoms with Crippen LogP contribution >= 0.6 is 0 Å². The standard InChI is InChI=1S/C19H19N5O/c1-11-6-17(23-24(11)2)18(25)16-10-22-19-15(16)8-13(9-21-19)12-4-3-5-14(20)7-12/h3-10,17,23H,20H2,1-2H3,(H,21,22). The average molecular weight is 333 g/mol. The summed E-state index contributed by atoms with van der Waals surface area (Å²) in [6.45, 7) is 1.97. The molecule has 1 aliphatic rings. The van der Waals surface area contributed by atoms with E-state index in [2.05, 4.69) is 15.4 Å². The van der Waals surface area contributed by atoms with Gasteiger partial charge in [0, 0.05) is 47.3 Å². The second-order valence-electron chi connectivity index (χ2n) is 6.29. The number of nitrogens with two attached hydrogens (primary N) is 1. The van der Waals surface area contributed by atoms with Crippen LogP contribution in [0.1, 0.15) is 17.3 Å². The fourth-order valence-electron chi connectivity index (χ4n) is 3.09. The first-order valence-electron chi connectivity index (χ1n) is 8.08. The van der Waals surface area contributed by atoms with Crippen molar-refractivity contribution < 1.29 is 4.79 Å². The van der Waals surface area contributed by atoms with E-state index in [0.717, 1.165) is 22.2 Å². The van der Waals surface area contributed by atoms with Crippen LogP contribution in [0.4, 0.5) is 5.69 Å². The zero-order valence-corrected chi connectivity index (χ0v) is 14.1. The van der Waals surface area contributed by atoms with Crippen molar-refractivity contribution in [3.63, 3.8) is 0 Å². The number of aromatic amines is 1. The number of aromatic nitrogens is 2. The van der Waals surface area contributed by atoms with Crippen LogP contribution in [0.5, 0.6) is 0 Å². The molecule has 126 valence electrons.